The lowest BCUT2D eigenvalue weighted by molar-refractivity contribution is -0.0888. The minimum absolute atomic E-state index is 0.174. The van der Waals surface area contributed by atoms with Gasteiger partial charge in [-0.2, -0.15) is 0 Å². The third-order valence-corrected chi connectivity index (χ3v) is 7.50. The first-order chi connectivity index (χ1) is 9.90. The summed E-state index contributed by atoms with van der Waals surface area (Å²) in [5.74, 6) is 3.13. The molecule has 2 saturated carbocycles. The Balaban J connectivity index is 1.91. The Kier molecular flexibility index (Phi) is 4.01. The third kappa shape index (κ3) is 2.40. The SMILES string of the molecule is CC(C)[C@H]1C=C2CC[C@H]3[C@@](C)(CO)CCC[C@@]3(C)[C@@H]2CC1. The monoisotopic (exact) mass is 290 g/mol. The quantitative estimate of drug-likeness (QED) is 0.694. The zero-order valence-corrected chi connectivity index (χ0v) is 14.5. The van der Waals surface area contributed by atoms with Crippen molar-refractivity contribution in [2.24, 2.45) is 34.5 Å². The van der Waals surface area contributed by atoms with E-state index in [0.29, 0.717) is 12.0 Å². The molecule has 0 amide bonds. The molecule has 0 saturated heterocycles. The van der Waals surface area contributed by atoms with E-state index in [1.807, 2.05) is 0 Å². The van der Waals surface area contributed by atoms with Crippen LogP contribution in [0.15, 0.2) is 11.6 Å². The third-order valence-electron chi connectivity index (χ3n) is 7.50. The van der Waals surface area contributed by atoms with Gasteiger partial charge in [-0.25, -0.2) is 0 Å². The molecule has 0 aromatic heterocycles. The number of fused-ring (bicyclic) bond motifs is 3. The molecule has 0 aromatic rings. The number of allylic oxidation sites excluding steroid dienone is 2. The molecule has 1 N–H and O–H groups in total. The average Bonchev–Trinajstić information content (AvgIpc) is 2.46. The minimum atomic E-state index is 0.174. The Morgan fingerprint density at radius 3 is 2.62 bits per heavy atom. The van der Waals surface area contributed by atoms with Crippen LogP contribution in [0.4, 0.5) is 0 Å². The van der Waals surface area contributed by atoms with E-state index in [4.69, 9.17) is 0 Å². The summed E-state index contributed by atoms with van der Waals surface area (Å²) in [6, 6.07) is 0. The van der Waals surface area contributed by atoms with Crippen LogP contribution in [0.2, 0.25) is 0 Å². The second kappa shape index (κ2) is 5.41. The Bertz CT molecular complexity index is 424. The van der Waals surface area contributed by atoms with E-state index in [9.17, 15) is 5.11 Å². The molecule has 0 spiro atoms. The molecule has 1 heteroatoms. The van der Waals surface area contributed by atoms with Crippen molar-refractivity contribution in [1.82, 2.24) is 0 Å². The fourth-order valence-electron chi connectivity index (χ4n) is 6.17. The molecule has 1 nitrogen and oxygen atoms in total. The van der Waals surface area contributed by atoms with Crippen LogP contribution in [0.3, 0.4) is 0 Å². The number of aliphatic hydroxyl groups is 1. The fourth-order valence-corrected chi connectivity index (χ4v) is 6.17. The summed E-state index contributed by atoms with van der Waals surface area (Å²) in [5.41, 5.74) is 2.40. The van der Waals surface area contributed by atoms with Crippen LogP contribution < -0.4 is 0 Å². The van der Waals surface area contributed by atoms with Gasteiger partial charge >= 0.3 is 0 Å². The Morgan fingerprint density at radius 1 is 1.19 bits per heavy atom. The Morgan fingerprint density at radius 2 is 1.95 bits per heavy atom. The highest BCUT2D eigenvalue weighted by atomic mass is 16.3. The van der Waals surface area contributed by atoms with E-state index in [-0.39, 0.29) is 5.41 Å². The first-order valence-corrected chi connectivity index (χ1v) is 9.22. The maximum absolute atomic E-state index is 10.00. The average molecular weight is 290 g/mol. The highest BCUT2D eigenvalue weighted by molar-refractivity contribution is 5.22. The van der Waals surface area contributed by atoms with Gasteiger partial charge in [0.15, 0.2) is 0 Å². The molecule has 21 heavy (non-hydrogen) atoms. The molecular weight excluding hydrogens is 256 g/mol. The van der Waals surface area contributed by atoms with E-state index in [0.717, 1.165) is 23.7 Å². The van der Waals surface area contributed by atoms with Crippen LogP contribution >= 0.6 is 0 Å². The lowest BCUT2D eigenvalue weighted by Gasteiger charge is -2.59. The van der Waals surface area contributed by atoms with Crippen molar-refractivity contribution in [2.75, 3.05) is 6.61 Å². The fraction of sp³-hybridized carbons (Fsp3) is 0.900. The van der Waals surface area contributed by atoms with Crippen LogP contribution in [-0.2, 0) is 0 Å². The zero-order chi connectivity index (χ0) is 15.3. The normalized spacial score (nSPS) is 46.8. The topological polar surface area (TPSA) is 20.2 Å². The molecule has 2 fully saturated rings. The van der Waals surface area contributed by atoms with E-state index < -0.39 is 0 Å². The molecule has 0 aromatic carbocycles. The van der Waals surface area contributed by atoms with Gasteiger partial charge in [0, 0.05) is 6.61 Å². The zero-order valence-electron chi connectivity index (χ0n) is 14.5. The van der Waals surface area contributed by atoms with Crippen molar-refractivity contribution in [3.63, 3.8) is 0 Å². The second-order valence-electron chi connectivity index (χ2n) is 9.04. The first-order valence-electron chi connectivity index (χ1n) is 9.22. The Hall–Kier alpha value is -0.300. The number of hydrogen-bond acceptors (Lipinski definition) is 1. The molecule has 3 aliphatic carbocycles. The van der Waals surface area contributed by atoms with E-state index in [1.54, 1.807) is 5.57 Å². The maximum atomic E-state index is 10.00. The standard InChI is InChI=1S/C20H34O/c1-14(2)15-6-8-17-16(12-15)7-9-18-19(3,13-21)10-5-11-20(17,18)4/h12,14-15,17-18,21H,5-11,13H2,1-4H3/t15-,17-,18+,19-,20+/m1/s1. The van der Waals surface area contributed by atoms with Gasteiger partial charge in [0.25, 0.3) is 0 Å². The van der Waals surface area contributed by atoms with Crippen molar-refractivity contribution >= 4 is 0 Å². The van der Waals surface area contributed by atoms with Gasteiger partial charge in [0.05, 0.1) is 0 Å². The summed E-state index contributed by atoms with van der Waals surface area (Å²) in [6.45, 7) is 10.0. The molecule has 3 rings (SSSR count). The van der Waals surface area contributed by atoms with Crippen LogP contribution in [-0.4, -0.2) is 11.7 Å². The maximum Gasteiger partial charge on any atom is 0.0487 e. The highest BCUT2D eigenvalue weighted by Crippen LogP contribution is 2.63. The first kappa shape index (κ1) is 15.6. The van der Waals surface area contributed by atoms with E-state index >= 15 is 0 Å². The van der Waals surface area contributed by atoms with Crippen LogP contribution in [0.25, 0.3) is 0 Å². The van der Waals surface area contributed by atoms with E-state index in [2.05, 4.69) is 33.8 Å². The van der Waals surface area contributed by atoms with Gasteiger partial charge < -0.3 is 5.11 Å². The number of hydrogen-bond donors (Lipinski definition) is 1. The molecule has 3 aliphatic rings. The molecular formula is C20H34O. The molecule has 120 valence electrons. The van der Waals surface area contributed by atoms with Crippen molar-refractivity contribution in [3.8, 4) is 0 Å². The molecule has 0 bridgehead atoms. The summed E-state index contributed by atoms with van der Waals surface area (Å²) >= 11 is 0. The highest BCUT2D eigenvalue weighted by Gasteiger charge is 2.54. The van der Waals surface area contributed by atoms with Crippen molar-refractivity contribution in [1.29, 1.82) is 0 Å². The molecule has 5 atom stereocenters. The van der Waals surface area contributed by atoms with Gasteiger partial charge in [0.2, 0.25) is 0 Å². The van der Waals surface area contributed by atoms with Gasteiger partial charge in [0.1, 0.15) is 0 Å². The summed E-state index contributed by atoms with van der Waals surface area (Å²) in [6.07, 6.45) is 11.9. The predicted octanol–water partition coefficient (Wildman–Crippen LogP) is 5.19. The summed E-state index contributed by atoms with van der Waals surface area (Å²) in [7, 11) is 0. The smallest absolute Gasteiger partial charge is 0.0487 e. The summed E-state index contributed by atoms with van der Waals surface area (Å²) in [5, 5.41) is 10.00. The van der Waals surface area contributed by atoms with Gasteiger partial charge in [-0.1, -0.05) is 45.8 Å². The van der Waals surface area contributed by atoms with Crippen molar-refractivity contribution in [3.05, 3.63) is 11.6 Å². The van der Waals surface area contributed by atoms with Crippen LogP contribution in [0.1, 0.15) is 72.6 Å². The molecule has 0 unspecified atom stereocenters. The van der Waals surface area contributed by atoms with Gasteiger partial charge in [-0.05, 0) is 73.0 Å². The van der Waals surface area contributed by atoms with Gasteiger partial charge in [-0.3, -0.25) is 0 Å². The van der Waals surface area contributed by atoms with Crippen LogP contribution in [0, 0.1) is 34.5 Å². The van der Waals surface area contributed by atoms with Gasteiger partial charge in [-0.15, -0.1) is 0 Å². The lowest BCUT2D eigenvalue weighted by atomic mass is 9.45. The number of rotatable bonds is 2. The predicted molar refractivity (Wildman–Crippen MR) is 89.0 cm³/mol. The summed E-state index contributed by atoms with van der Waals surface area (Å²) in [4.78, 5) is 0. The lowest BCUT2D eigenvalue weighted by Crippen LogP contribution is -2.52. The van der Waals surface area contributed by atoms with Crippen LogP contribution in [0.5, 0.6) is 0 Å². The Labute approximate surface area is 131 Å². The largest absolute Gasteiger partial charge is 0.396 e. The van der Waals surface area contributed by atoms with Crippen molar-refractivity contribution < 1.29 is 5.11 Å². The minimum Gasteiger partial charge on any atom is -0.396 e. The number of aliphatic hydroxyl groups excluding tert-OH is 1. The molecule has 0 aliphatic heterocycles. The second-order valence-corrected chi connectivity index (χ2v) is 9.04. The van der Waals surface area contributed by atoms with Crippen molar-refractivity contribution in [2.45, 2.75) is 72.6 Å². The molecule has 0 heterocycles. The molecule has 0 radical (unpaired) electrons. The summed E-state index contributed by atoms with van der Waals surface area (Å²) < 4.78 is 0. The van der Waals surface area contributed by atoms with E-state index in [1.165, 1.54) is 44.9 Å².